The Balaban J connectivity index is 2.64. The van der Waals surface area contributed by atoms with Crippen molar-refractivity contribution in [3.05, 3.63) is 57.4 Å². The van der Waals surface area contributed by atoms with Gasteiger partial charge in [-0.25, -0.2) is 0 Å². The van der Waals surface area contributed by atoms with Crippen LogP contribution in [0.3, 0.4) is 0 Å². The van der Waals surface area contributed by atoms with E-state index in [2.05, 4.69) is 13.0 Å². The number of hydrogen-bond donors (Lipinski definition) is 0. The molecule has 3 nitrogen and oxygen atoms in total. The van der Waals surface area contributed by atoms with E-state index < -0.39 is 0 Å². The first kappa shape index (κ1) is 13.3. The van der Waals surface area contributed by atoms with Gasteiger partial charge in [0.25, 0.3) is 5.56 Å². The number of carbonyl (C=O) groups is 1. The molecule has 0 N–H and O–H groups in total. The lowest BCUT2D eigenvalue weighted by Crippen LogP contribution is -2.24. The molecular formula is C16H17NO2. The molecule has 19 heavy (non-hydrogen) atoms. The van der Waals surface area contributed by atoms with Crippen LogP contribution in [0.25, 0.3) is 11.3 Å². The molecule has 98 valence electrons. The molecule has 1 heterocycles. The number of aryl methyl sites for hydroxylation is 2. The SMILES string of the molecule is CC(=O)c1ccc(-c2ccc(C)c(C)c2)n(C)c1=O. The fraction of sp³-hybridized carbons (Fsp3) is 0.250. The third-order valence-electron chi connectivity index (χ3n) is 3.49. The number of hydrogen-bond acceptors (Lipinski definition) is 2. The van der Waals surface area contributed by atoms with Crippen molar-refractivity contribution in [3.63, 3.8) is 0 Å². The summed E-state index contributed by atoms with van der Waals surface area (Å²) in [5.41, 5.74) is 4.18. The Morgan fingerprint density at radius 2 is 1.74 bits per heavy atom. The molecule has 0 radical (unpaired) electrons. The van der Waals surface area contributed by atoms with Crippen LogP contribution in [0.1, 0.15) is 28.4 Å². The van der Waals surface area contributed by atoms with Crippen molar-refractivity contribution in [1.82, 2.24) is 4.57 Å². The van der Waals surface area contributed by atoms with Gasteiger partial charge in [-0.2, -0.15) is 0 Å². The van der Waals surface area contributed by atoms with E-state index in [4.69, 9.17) is 0 Å². The lowest BCUT2D eigenvalue weighted by atomic mass is 10.0. The number of ketones is 1. The van der Waals surface area contributed by atoms with E-state index in [1.165, 1.54) is 22.6 Å². The molecule has 1 aromatic carbocycles. The molecule has 0 spiro atoms. The summed E-state index contributed by atoms with van der Waals surface area (Å²) in [6.45, 7) is 5.50. The van der Waals surface area contributed by atoms with Crippen molar-refractivity contribution in [2.75, 3.05) is 0 Å². The zero-order valence-electron chi connectivity index (χ0n) is 11.7. The number of benzene rings is 1. The zero-order valence-corrected chi connectivity index (χ0v) is 11.7. The Labute approximate surface area is 112 Å². The topological polar surface area (TPSA) is 39.1 Å². The third-order valence-corrected chi connectivity index (χ3v) is 3.49. The van der Waals surface area contributed by atoms with Crippen molar-refractivity contribution in [1.29, 1.82) is 0 Å². The van der Waals surface area contributed by atoms with Gasteiger partial charge < -0.3 is 4.57 Å². The molecule has 2 aromatic rings. The molecule has 0 aliphatic rings. The van der Waals surface area contributed by atoms with Gasteiger partial charge in [-0.15, -0.1) is 0 Å². The van der Waals surface area contributed by atoms with Gasteiger partial charge in [0.05, 0.1) is 11.3 Å². The van der Waals surface area contributed by atoms with Gasteiger partial charge >= 0.3 is 0 Å². The van der Waals surface area contributed by atoms with Crippen molar-refractivity contribution >= 4 is 5.78 Å². The number of carbonyl (C=O) groups excluding carboxylic acids is 1. The largest absolute Gasteiger partial charge is 0.311 e. The average Bonchev–Trinajstić information content (AvgIpc) is 2.36. The van der Waals surface area contributed by atoms with Gasteiger partial charge in [0.2, 0.25) is 0 Å². The lowest BCUT2D eigenvalue weighted by Gasteiger charge is -2.11. The molecule has 0 amide bonds. The molecule has 0 saturated heterocycles. The lowest BCUT2D eigenvalue weighted by molar-refractivity contribution is 0.101. The molecule has 0 atom stereocenters. The van der Waals surface area contributed by atoms with Crippen LogP contribution >= 0.6 is 0 Å². The van der Waals surface area contributed by atoms with Crippen LogP contribution < -0.4 is 5.56 Å². The Morgan fingerprint density at radius 1 is 1.05 bits per heavy atom. The second kappa shape index (κ2) is 4.84. The summed E-state index contributed by atoms with van der Waals surface area (Å²) in [5.74, 6) is -0.202. The Morgan fingerprint density at radius 3 is 2.32 bits per heavy atom. The van der Waals surface area contributed by atoms with Gasteiger partial charge in [0, 0.05) is 7.05 Å². The minimum absolute atomic E-state index is 0.202. The van der Waals surface area contributed by atoms with Crippen LogP contribution in [-0.2, 0) is 7.05 Å². The highest BCUT2D eigenvalue weighted by Gasteiger charge is 2.10. The molecule has 0 aliphatic carbocycles. The number of aromatic nitrogens is 1. The summed E-state index contributed by atoms with van der Waals surface area (Å²) in [5, 5.41) is 0. The first-order valence-corrected chi connectivity index (χ1v) is 6.20. The molecule has 1 aromatic heterocycles. The molecule has 0 aliphatic heterocycles. The van der Waals surface area contributed by atoms with Crippen LogP contribution in [-0.4, -0.2) is 10.4 Å². The number of nitrogens with zero attached hydrogens (tertiary/aromatic N) is 1. The van der Waals surface area contributed by atoms with E-state index in [1.54, 1.807) is 13.1 Å². The highest BCUT2D eigenvalue weighted by atomic mass is 16.1. The van der Waals surface area contributed by atoms with E-state index in [9.17, 15) is 9.59 Å². The Bertz CT molecular complexity index is 711. The standard InChI is InChI=1S/C16H17NO2/c1-10-5-6-13(9-11(10)2)15-8-7-14(12(3)18)16(19)17(15)4/h5-9H,1-4H3. The van der Waals surface area contributed by atoms with Crippen molar-refractivity contribution in [3.8, 4) is 11.3 Å². The number of pyridine rings is 1. The smallest absolute Gasteiger partial charge is 0.261 e. The maximum Gasteiger partial charge on any atom is 0.261 e. The van der Waals surface area contributed by atoms with Gasteiger partial charge in [-0.3, -0.25) is 9.59 Å². The van der Waals surface area contributed by atoms with Gasteiger partial charge in [0.15, 0.2) is 5.78 Å². The average molecular weight is 255 g/mol. The fourth-order valence-corrected chi connectivity index (χ4v) is 2.09. The Kier molecular flexibility index (Phi) is 3.38. The minimum Gasteiger partial charge on any atom is -0.311 e. The fourth-order valence-electron chi connectivity index (χ4n) is 2.09. The second-order valence-electron chi connectivity index (χ2n) is 4.85. The zero-order chi connectivity index (χ0) is 14.2. The van der Waals surface area contributed by atoms with Crippen LogP contribution in [0.5, 0.6) is 0 Å². The highest BCUT2D eigenvalue weighted by Crippen LogP contribution is 2.21. The summed E-state index contributed by atoms with van der Waals surface area (Å²) < 4.78 is 1.53. The summed E-state index contributed by atoms with van der Waals surface area (Å²) in [7, 11) is 1.69. The summed E-state index contributed by atoms with van der Waals surface area (Å²) in [4.78, 5) is 23.5. The van der Waals surface area contributed by atoms with Crippen molar-refractivity contribution in [2.45, 2.75) is 20.8 Å². The second-order valence-corrected chi connectivity index (χ2v) is 4.85. The molecule has 2 rings (SSSR count). The van der Waals surface area contributed by atoms with E-state index >= 15 is 0 Å². The molecule has 0 saturated carbocycles. The predicted octanol–water partition coefficient (Wildman–Crippen LogP) is 2.87. The molecule has 0 unspecified atom stereocenters. The van der Waals surface area contributed by atoms with Crippen LogP contribution in [0.4, 0.5) is 0 Å². The van der Waals surface area contributed by atoms with Gasteiger partial charge in [-0.1, -0.05) is 12.1 Å². The first-order valence-electron chi connectivity index (χ1n) is 6.20. The quantitative estimate of drug-likeness (QED) is 0.774. The summed E-state index contributed by atoms with van der Waals surface area (Å²) in [6, 6.07) is 9.51. The molecule has 0 bridgehead atoms. The monoisotopic (exact) mass is 255 g/mol. The van der Waals surface area contributed by atoms with E-state index in [0.717, 1.165) is 11.3 Å². The maximum atomic E-state index is 12.1. The highest BCUT2D eigenvalue weighted by molar-refractivity contribution is 5.93. The predicted molar refractivity (Wildman–Crippen MR) is 76.6 cm³/mol. The van der Waals surface area contributed by atoms with Crippen molar-refractivity contribution < 1.29 is 4.79 Å². The minimum atomic E-state index is -0.247. The Hall–Kier alpha value is -2.16. The molecule has 3 heteroatoms. The first-order chi connectivity index (χ1) is 8.91. The number of Topliss-reactive ketones (excluding diaryl/α,β-unsaturated/α-hetero) is 1. The summed E-state index contributed by atoms with van der Waals surface area (Å²) >= 11 is 0. The van der Waals surface area contributed by atoms with E-state index in [1.807, 2.05) is 25.1 Å². The third kappa shape index (κ3) is 2.36. The molecular weight excluding hydrogens is 238 g/mol. The van der Waals surface area contributed by atoms with Crippen LogP contribution in [0.15, 0.2) is 35.1 Å². The van der Waals surface area contributed by atoms with Crippen LogP contribution in [0, 0.1) is 13.8 Å². The summed E-state index contributed by atoms with van der Waals surface area (Å²) in [6.07, 6.45) is 0. The molecule has 0 fully saturated rings. The maximum absolute atomic E-state index is 12.1. The number of rotatable bonds is 2. The normalized spacial score (nSPS) is 10.5. The van der Waals surface area contributed by atoms with Crippen LogP contribution in [0.2, 0.25) is 0 Å². The van der Waals surface area contributed by atoms with Gasteiger partial charge in [0.1, 0.15) is 0 Å². The van der Waals surface area contributed by atoms with Gasteiger partial charge in [-0.05, 0) is 55.7 Å². The van der Waals surface area contributed by atoms with Crippen molar-refractivity contribution in [2.24, 2.45) is 7.05 Å². The van der Waals surface area contributed by atoms with E-state index in [-0.39, 0.29) is 16.9 Å². The van der Waals surface area contributed by atoms with E-state index in [0.29, 0.717) is 0 Å².